The topological polar surface area (TPSA) is 91.0 Å². The fraction of sp³-hybridized carbons (Fsp3) is 0.179. The maximum absolute atomic E-state index is 13.6. The number of hydrogen-bond donors (Lipinski definition) is 1. The number of benzene rings is 3. The highest BCUT2D eigenvalue weighted by Crippen LogP contribution is 2.43. The molecule has 0 aliphatic carbocycles. The minimum atomic E-state index is -3.64. The zero-order valence-electron chi connectivity index (χ0n) is 21.0. The Bertz CT molecular complexity index is 1330. The largest absolute Gasteiger partial charge is 0.438 e. The summed E-state index contributed by atoms with van der Waals surface area (Å²) < 4.78 is 50.5. The molecule has 0 fully saturated rings. The van der Waals surface area contributed by atoms with Gasteiger partial charge in [-0.15, -0.1) is 0 Å². The molecule has 0 heterocycles. The Labute approximate surface area is 219 Å². The van der Waals surface area contributed by atoms with E-state index in [-0.39, 0.29) is 17.1 Å². The second-order valence-corrected chi connectivity index (χ2v) is 11.9. The van der Waals surface area contributed by atoms with E-state index in [1.807, 2.05) is 74.5 Å². The van der Waals surface area contributed by atoms with Crippen LogP contribution >= 0.6 is 8.38 Å². The van der Waals surface area contributed by atoms with Crippen LogP contribution < -0.4 is 14.8 Å². The van der Waals surface area contributed by atoms with Crippen molar-refractivity contribution in [2.45, 2.75) is 13.8 Å². The highest BCUT2D eigenvalue weighted by molar-refractivity contribution is 7.94. The second kappa shape index (κ2) is 12.7. The molecule has 2 N–H and O–H groups in total. The van der Waals surface area contributed by atoms with Crippen molar-refractivity contribution in [1.29, 1.82) is 0 Å². The van der Waals surface area contributed by atoms with Crippen LogP contribution in [0.4, 0.5) is 4.39 Å². The van der Waals surface area contributed by atoms with Crippen LogP contribution in [0.25, 0.3) is 5.70 Å². The lowest BCUT2D eigenvalue weighted by Crippen LogP contribution is -2.21. The molecule has 3 aromatic rings. The minimum Gasteiger partial charge on any atom is -0.438 e. The number of aliphatic imine (C=N–C) groups is 1. The second-order valence-electron chi connectivity index (χ2n) is 8.52. The van der Waals surface area contributed by atoms with Gasteiger partial charge >= 0.3 is 0 Å². The lowest BCUT2D eigenvalue weighted by molar-refractivity contribution is 0.492. The van der Waals surface area contributed by atoms with Crippen LogP contribution in [0.5, 0.6) is 11.5 Å². The average molecular weight is 541 g/mol. The lowest BCUT2D eigenvalue weighted by Gasteiger charge is -2.23. The molecule has 0 bridgehead atoms. The molecule has 6 nitrogen and oxygen atoms in total. The lowest BCUT2D eigenvalue weighted by atomic mass is 9.96. The van der Waals surface area contributed by atoms with Gasteiger partial charge in [-0.1, -0.05) is 56.8 Å². The van der Waals surface area contributed by atoms with E-state index in [1.54, 1.807) is 12.1 Å². The maximum atomic E-state index is 13.6. The maximum Gasteiger partial charge on any atom is 0.295 e. The standard InChI is InChI=1S/C28H30FN2O4PS/c1-20(2)28(31-21(3)37(4,32)33)26(27(30)22-15-17-23(29)18-16-22)19-36(34-24-11-7-5-8-12-24)35-25-13-9-6-10-14-25/h5-18,20H,3,19,30H2,1-2,4H3/b27-26-,31-28-. The predicted molar refractivity (Wildman–Crippen MR) is 150 cm³/mol. The van der Waals surface area contributed by atoms with Gasteiger partial charge in [0, 0.05) is 17.5 Å². The molecule has 9 heteroatoms. The van der Waals surface area contributed by atoms with Crippen LogP contribution in [0, 0.1) is 11.7 Å². The molecule has 194 valence electrons. The number of para-hydroxylation sites is 2. The van der Waals surface area contributed by atoms with Crippen molar-refractivity contribution >= 4 is 29.6 Å². The summed E-state index contributed by atoms with van der Waals surface area (Å²) in [6, 6.07) is 24.2. The summed E-state index contributed by atoms with van der Waals surface area (Å²) in [7, 11) is -5.30. The highest BCUT2D eigenvalue weighted by atomic mass is 32.2. The average Bonchev–Trinajstić information content (AvgIpc) is 2.86. The Morgan fingerprint density at radius 1 is 0.946 bits per heavy atom. The number of nitrogens with two attached hydrogens (primary N) is 1. The van der Waals surface area contributed by atoms with Crippen molar-refractivity contribution < 1.29 is 21.9 Å². The van der Waals surface area contributed by atoms with Gasteiger partial charge in [-0.3, -0.25) is 0 Å². The Morgan fingerprint density at radius 3 is 1.86 bits per heavy atom. The number of halogens is 1. The molecule has 0 aliphatic rings. The molecule has 0 radical (unpaired) electrons. The van der Waals surface area contributed by atoms with Crippen molar-refractivity contribution in [3.8, 4) is 11.5 Å². The minimum absolute atomic E-state index is 0.177. The first-order valence-corrected chi connectivity index (χ1v) is 14.8. The van der Waals surface area contributed by atoms with Gasteiger partial charge in [0.25, 0.3) is 8.38 Å². The zero-order valence-corrected chi connectivity index (χ0v) is 22.7. The molecular weight excluding hydrogens is 510 g/mol. The van der Waals surface area contributed by atoms with Crippen molar-refractivity contribution in [3.63, 3.8) is 0 Å². The van der Waals surface area contributed by atoms with Crippen LogP contribution in [-0.2, 0) is 9.84 Å². The van der Waals surface area contributed by atoms with Crippen molar-refractivity contribution in [2.75, 3.05) is 12.4 Å². The Hall–Kier alpha value is -3.48. The van der Waals surface area contributed by atoms with Gasteiger partial charge in [-0.2, -0.15) is 0 Å². The Kier molecular flexibility index (Phi) is 9.61. The van der Waals surface area contributed by atoms with E-state index in [2.05, 4.69) is 11.6 Å². The van der Waals surface area contributed by atoms with Gasteiger partial charge in [0.2, 0.25) is 0 Å². The van der Waals surface area contributed by atoms with Gasteiger partial charge in [-0.05, 0) is 60.0 Å². The first-order valence-electron chi connectivity index (χ1n) is 11.5. The van der Waals surface area contributed by atoms with Crippen LogP contribution in [0.3, 0.4) is 0 Å². The molecule has 0 spiro atoms. The normalized spacial score (nSPS) is 12.9. The quantitative estimate of drug-likeness (QED) is 0.219. The molecule has 0 aliphatic heterocycles. The molecule has 37 heavy (non-hydrogen) atoms. The number of hydrogen-bond acceptors (Lipinski definition) is 6. The van der Waals surface area contributed by atoms with Crippen LogP contribution in [0.15, 0.2) is 107 Å². The summed E-state index contributed by atoms with van der Waals surface area (Å²) >= 11 is 0. The molecular formula is C28H30FN2O4PS. The third-order valence-electron chi connectivity index (χ3n) is 5.20. The molecule has 0 atom stereocenters. The van der Waals surface area contributed by atoms with Crippen molar-refractivity contribution in [3.05, 3.63) is 113 Å². The summed E-state index contributed by atoms with van der Waals surface area (Å²) in [4.78, 5) is 4.40. The van der Waals surface area contributed by atoms with E-state index in [0.29, 0.717) is 34.0 Å². The smallest absolute Gasteiger partial charge is 0.295 e. The van der Waals surface area contributed by atoms with E-state index >= 15 is 0 Å². The zero-order chi connectivity index (χ0) is 27.0. The highest BCUT2D eigenvalue weighted by Gasteiger charge is 2.26. The molecule has 0 saturated carbocycles. The van der Waals surface area contributed by atoms with Gasteiger partial charge in [0.1, 0.15) is 22.3 Å². The van der Waals surface area contributed by atoms with E-state index in [4.69, 9.17) is 14.8 Å². The fourth-order valence-electron chi connectivity index (χ4n) is 3.28. The van der Waals surface area contributed by atoms with Gasteiger partial charge in [0.15, 0.2) is 9.84 Å². The summed E-state index contributed by atoms with van der Waals surface area (Å²) in [6.07, 6.45) is 1.23. The first-order chi connectivity index (χ1) is 17.5. The molecule has 0 saturated heterocycles. The third kappa shape index (κ3) is 8.27. The van der Waals surface area contributed by atoms with E-state index in [9.17, 15) is 12.8 Å². The number of rotatable bonds is 11. The van der Waals surface area contributed by atoms with Crippen LogP contribution in [0.2, 0.25) is 0 Å². The van der Waals surface area contributed by atoms with Gasteiger partial charge < -0.3 is 14.8 Å². The number of sulfone groups is 1. The van der Waals surface area contributed by atoms with Gasteiger partial charge in [-0.25, -0.2) is 17.8 Å². The molecule has 0 amide bonds. The Morgan fingerprint density at radius 2 is 1.43 bits per heavy atom. The Balaban J connectivity index is 2.14. The summed E-state index contributed by atoms with van der Waals surface area (Å²) in [6.45, 7) is 7.40. The molecule has 0 aromatic heterocycles. The third-order valence-corrected chi connectivity index (χ3v) is 7.55. The monoisotopic (exact) mass is 540 g/mol. The molecule has 3 rings (SSSR count). The van der Waals surface area contributed by atoms with E-state index < -0.39 is 24.0 Å². The van der Waals surface area contributed by atoms with Crippen LogP contribution in [-0.4, -0.2) is 26.5 Å². The number of nitrogens with zero attached hydrogens (tertiary/aromatic N) is 1. The molecule has 3 aromatic carbocycles. The summed E-state index contributed by atoms with van der Waals surface area (Å²) in [5, 5.41) is -0.280. The number of allylic oxidation sites excluding steroid dienone is 1. The summed E-state index contributed by atoms with van der Waals surface area (Å²) in [5.74, 6) is 0.585. The van der Waals surface area contributed by atoms with E-state index in [1.165, 1.54) is 12.1 Å². The fourth-order valence-corrected chi connectivity index (χ4v) is 5.02. The van der Waals surface area contributed by atoms with E-state index in [0.717, 1.165) is 6.26 Å². The predicted octanol–water partition coefficient (Wildman–Crippen LogP) is 6.58. The summed E-state index contributed by atoms with van der Waals surface area (Å²) in [5.41, 5.74) is 8.48. The first kappa shape index (κ1) is 28.1. The van der Waals surface area contributed by atoms with Gasteiger partial charge in [0.05, 0.1) is 11.9 Å². The SMILES string of the molecule is C=C(/N=C(\C(CP(Oc1ccccc1)Oc1ccccc1)=C(/N)c1ccc(F)cc1)C(C)C)S(C)(=O)=O. The molecule has 0 unspecified atom stereocenters. The van der Waals surface area contributed by atoms with Crippen LogP contribution in [0.1, 0.15) is 19.4 Å². The van der Waals surface area contributed by atoms with Crippen molar-refractivity contribution in [1.82, 2.24) is 0 Å². The van der Waals surface area contributed by atoms with Crippen molar-refractivity contribution in [2.24, 2.45) is 16.6 Å².